The molecule has 2 unspecified atom stereocenters. The second-order valence-corrected chi connectivity index (χ2v) is 6.49. The normalized spacial score (nSPS) is 18.7. The number of rotatable bonds is 7. The molecule has 2 N–H and O–H groups in total. The fourth-order valence-electron chi connectivity index (χ4n) is 3.12. The van der Waals surface area contributed by atoms with Crippen LogP contribution in [-0.4, -0.2) is 32.8 Å². The van der Waals surface area contributed by atoms with E-state index in [1.54, 1.807) is 20.3 Å². The zero-order chi connectivity index (χ0) is 19.2. The Bertz CT molecular complexity index is 810. The van der Waals surface area contributed by atoms with Gasteiger partial charge in [0.15, 0.2) is 5.96 Å². The molecule has 5 nitrogen and oxygen atoms in total. The number of methoxy groups -OCH3 is 2. The Labute approximate surface area is 159 Å². The number of nitrogens with zero attached hydrogens (tertiary/aromatic N) is 1. The topological polar surface area (TPSA) is 54.9 Å². The Balaban J connectivity index is 1.67. The molecule has 6 heteroatoms. The maximum absolute atomic E-state index is 14.0. The lowest BCUT2D eigenvalue weighted by Gasteiger charge is -2.13. The lowest BCUT2D eigenvalue weighted by atomic mass is 10.1. The van der Waals surface area contributed by atoms with Gasteiger partial charge in [0.1, 0.15) is 17.3 Å². The molecule has 0 amide bonds. The van der Waals surface area contributed by atoms with Crippen molar-refractivity contribution < 1.29 is 13.9 Å². The molecule has 0 saturated heterocycles. The molecule has 0 spiro atoms. The van der Waals surface area contributed by atoms with Gasteiger partial charge >= 0.3 is 0 Å². The van der Waals surface area contributed by atoms with Crippen molar-refractivity contribution >= 4 is 5.96 Å². The van der Waals surface area contributed by atoms with Crippen molar-refractivity contribution in [2.45, 2.75) is 31.8 Å². The molecule has 0 heterocycles. The second-order valence-electron chi connectivity index (χ2n) is 6.49. The summed E-state index contributed by atoms with van der Waals surface area (Å²) >= 11 is 0. The molecule has 1 fully saturated rings. The highest BCUT2D eigenvalue weighted by atomic mass is 19.1. The molecule has 0 aromatic heterocycles. The van der Waals surface area contributed by atoms with Crippen LogP contribution in [0.5, 0.6) is 11.5 Å². The third-order valence-electron chi connectivity index (χ3n) is 4.66. The highest BCUT2D eigenvalue weighted by Crippen LogP contribution is 2.41. The Morgan fingerprint density at radius 1 is 1.19 bits per heavy atom. The number of halogens is 1. The summed E-state index contributed by atoms with van der Waals surface area (Å²) in [6, 6.07) is 12.8. The molecule has 144 valence electrons. The molecular formula is C21H26FN3O2. The van der Waals surface area contributed by atoms with Crippen molar-refractivity contribution in [2.24, 2.45) is 4.99 Å². The zero-order valence-electron chi connectivity index (χ0n) is 16.0. The lowest BCUT2D eigenvalue weighted by Crippen LogP contribution is -2.39. The minimum atomic E-state index is -0.142. The molecule has 2 atom stereocenters. The summed E-state index contributed by atoms with van der Waals surface area (Å²) in [7, 11) is 3.26. The predicted octanol–water partition coefficient (Wildman–Crippen LogP) is 3.45. The van der Waals surface area contributed by atoms with Gasteiger partial charge in [0.2, 0.25) is 0 Å². The standard InChI is InChI=1S/C21H26FN3O2/c1-4-23-21(24-13-14-9-10-15(26-2)11-20(14)27-3)25-19-12-17(19)16-7-5-6-8-18(16)22/h5-11,17,19H,4,12-13H2,1-3H3,(H2,23,24,25). The maximum atomic E-state index is 14.0. The highest BCUT2D eigenvalue weighted by molar-refractivity contribution is 5.80. The molecular weight excluding hydrogens is 345 g/mol. The Morgan fingerprint density at radius 2 is 2.00 bits per heavy atom. The van der Waals surface area contributed by atoms with Crippen molar-refractivity contribution in [1.82, 2.24) is 10.6 Å². The van der Waals surface area contributed by atoms with E-state index < -0.39 is 0 Å². The van der Waals surface area contributed by atoms with E-state index in [-0.39, 0.29) is 17.8 Å². The van der Waals surface area contributed by atoms with E-state index in [1.165, 1.54) is 6.07 Å². The van der Waals surface area contributed by atoms with Gasteiger partial charge in [-0.1, -0.05) is 18.2 Å². The highest BCUT2D eigenvalue weighted by Gasteiger charge is 2.40. The van der Waals surface area contributed by atoms with E-state index in [9.17, 15) is 4.39 Å². The molecule has 3 rings (SSSR count). The van der Waals surface area contributed by atoms with Gasteiger partial charge in [-0.25, -0.2) is 9.38 Å². The largest absolute Gasteiger partial charge is 0.497 e. The summed E-state index contributed by atoms with van der Waals surface area (Å²) in [5, 5.41) is 6.66. The SMILES string of the molecule is CCNC(=NCc1ccc(OC)cc1OC)NC1CC1c1ccccc1F. The van der Waals surface area contributed by atoms with Crippen molar-refractivity contribution in [3.05, 3.63) is 59.4 Å². The van der Waals surface area contributed by atoms with E-state index in [0.29, 0.717) is 6.54 Å². The van der Waals surface area contributed by atoms with E-state index in [4.69, 9.17) is 9.47 Å². The van der Waals surface area contributed by atoms with E-state index in [2.05, 4.69) is 15.6 Å². The van der Waals surface area contributed by atoms with Crippen LogP contribution in [0.4, 0.5) is 4.39 Å². The monoisotopic (exact) mass is 371 g/mol. The number of hydrogen-bond donors (Lipinski definition) is 2. The van der Waals surface area contributed by atoms with Crippen LogP contribution in [0.2, 0.25) is 0 Å². The minimum Gasteiger partial charge on any atom is -0.497 e. The Kier molecular flexibility index (Phi) is 6.16. The van der Waals surface area contributed by atoms with Crippen molar-refractivity contribution in [1.29, 1.82) is 0 Å². The first-order chi connectivity index (χ1) is 13.2. The molecule has 2 aromatic rings. The summed E-state index contributed by atoms with van der Waals surface area (Å²) < 4.78 is 24.6. The second kappa shape index (κ2) is 8.75. The van der Waals surface area contributed by atoms with Crippen LogP contribution in [0, 0.1) is 5.82 Å². The van der Waals surface area contributed by atoms with Gasteiger partial charge in [0, 0.05) is 30.1 Å². The van der Waals surface area contributed by atoms with Crippen LogP contribution in [0.15, 0.2) is 47.5 Å². The van der Waals surface area contributed by atoms with Gasteiger partial charge in [-0.15, -0.1) is 0 Å². The third-order valence-corrected chi connectivity index (χ3v) is 4.66. The Morgan fingerprint density at radius 3 is 2.70 bits per heavy atom. The van der Waals surface area contributed by atoms with Gasteiger partial charge in [-0.2, -0.15) is 0 Å². The third kappa shape index (κ3) is 4.70. The summed E-state index contributed by atoms with van der Waals surface area (Å²) in [6.07, 6.45) is 0.900. The maximum Gasteiger partial charge on any atom is 0.191 e. The van der Waals surface area contributed by atoms with E-state index in [1.807, 2.05) is 37.3 Å². The molecule has 1 saturated carbocycles. The predicted molar refractivity (Wildman–Crippen MR) is 105 cm³/mol. The first-order valence-electron chi connectivity index (χ1n) is 9.16. The number of benzene rings is 2. The first kappa shape index (κ1) is 19.0. The number of ether oxygens (including phenoxy) is 2. The molecule has 0 bridgehead atoms. The quantitative estimate of drug-likeness (QED) is 0.578. The Hall–Kier alpha value is -2.76. The van der Waals surface area contributed by atoms with Crippen molar-refractivity contribution in [3.8, 4) is 11.5 Å². The average Bonchev–Trinajstić information content (AvgIpc) is 3.45. The van der Waals surface area contributed by atoms with Crippen molar-refractivity contribution in [3.63, 3.8) is 0 Å². The lowest BCUT2D eigenvalue weighted by molar-refractivity contribution is 0.391. The van der Waals surface area contributed by atoms with Crippen LogP contribution in [0.1, 0.15) is 30.4 Å². The van der Waals surface area contributed by atoms with Crippen LogP contribution in [0.3, 0.4) is 0 Å². The van der Waals surface area contributed by atoms with Gasteiger partial charge in [0.05, 0.1) is 20.8 Å². The smallest absolute Gasteiger partial charge is 0.191 e. The van der Waals surface area contributed by atoms with Gasteiger partial charge in [-0.05, 0) is 37.1 Å². The van der Waals surface area contributed by atoms with Crippen LogP contribution in [-0.2, 0) is 6.54 Å². The van der Waals surface area contributed by atoms with Crippen LogP contribution < -0.4 is 20.1 Å². The molecule has 1 aliphatic rings. The van der Waals surface area contributed by atoms with Crippen molar-refractivity contribution in [2.75, 3.05) is 20.8 Å². The van der Waals surface area contributed by atoms with Crippen LogP contribution >= 0.6 is 0 Å². The number of guanidine groups is 1. The fraction of sp³-hybridized carbons (Fsp3) is 0.381. The molecule has 0 radical (unpaired) electrons. The molecule has 1 aliphatic carbocycles. The zero-order valence-corrected chi connectivity index (χ0v) is 16.0. The van der Waals surface area contributed by atoms with Gasteiger partial charge in [0.25, 0.3) is 0 Å². The summed E-state index contributed by atoms with van der Waals surface area (Å²) in [4.78, 5) is 4.66. The summed E-state index contributed by atoms with van der Waals surface area (Å²) in [6.45, 7) is 3.24. The number of hydrogen-bond acceptors (Lipinski definition) is 3. The van der Waals surface area contributed by atoms with Gasteiger partial charge < -0.3 is 20.1 Å². The first-order valence-corrected chi connectivity index (χ1v) is 9.16. The number of aliphatic imine (C=N–C) groups is 1. The number of nitrogens with one attached hydrogen (secondary N) is 2. The molecule has 2 aromatic carbocycles. The minimum absolute atomic E-state index is 0.142. The molecule has 0 aliphatic heterocycles. The van der Waals surface area contributed by atoms with E-state index in [0.717, 1.165) is 41.6 Å². The van der Waals surface area contributed by atoms with Crippen LogP contribution in [0.25, 0.3) is 0 Å². The summed E-state index contributed by atoms with van der Waals surface area (Å²) in [5.41, 5.74) is 1.74. The summed E-state index contributed by atoms with van der Waals surface area (Å²) in [5.74, 6) is 2.25. The average molecular weight is 371 g/mol. The fourth-order valence-corrected chi connectivity index (χ4v) is 3.12. The molecule has 27 heavy (non-hydrogen) atoms. The van der Waals surface area contributed by atoms with E-state index >= 15 is 0 Å². The van der Waals surface area contributed by atoms with Gasteiger partial charge in [-0.3, -0.25) is 0 Å².